The molecule has 2 N–H and O–H groups in total. The van der Waals surface area contributed by atoms with Crippen molar-refractivity contribution in [1.29, 1.82) is 0 Å². The van der Waals surface area contributed by atoms with Crippen LogP contribution in [0.5, 0.6) is 0 Å². The van der Waals surface area contributed by atoms with Crippen LogP contribution in [0.3, 0.4) is 0 Å². The molecule has 4 aromatic rings. The zero-order valence-corrected chi connectivity index (χ0v) is 15.6. The molecule has 28 heavy (non-hydrogen) atoms. The summed E-state index contributed by atoms with van der Waals surface area (Å²) < 4.78 is 2.00. The smallest absolute Gasteiger partial charge is 0.254 e. The van der Waals surface area contributed by atoms with E-state index in [2.05, 4.69) is 20.3 Å². The van der Waals surface area contributed by atoms with E-state index in [4.69, 9.17) is 0 Å². The minimum Gasteiger partial charge on any atom is -0.347 e. The topological polar surface area (TPSA) is 92.7 Å². The summed E-state index contributed by atoms with van der Waals surface area (Å²) >= 11 is 0. The molecule has 0 aliphatic heterocycles. The number of hydrogen-bond acceptors (Lipinski definition) is 4. The van der Waals surface area contributed by atoms with Gasteiger partial charge in [0.25, 0.3) is 11.5 Å². The van der Waals surface area contributed by atoms with Gasteiger partial charge in [-0.15, -0.1) is 0 Å². The van der Waals surface area contributed by atoms with Gasteiger partial charge in [-0.25, -0.2) is 4.98 Å². The van der Waals surface area contributed by atoms with Gasteiger partial charge in [-0.2, -0.15) is 0 Å². The molecule has 3 heterocycles. The third-order valence-electron chi connectivity index (χ3n) is 4.81. The van der Waals surface area contributed by atoms with Gasteiger partial charge in [0.05, 0.1) is 17.8 Å². The van der Waals surface area contributed by atoms with Gasteiger partial charge in [0, 0.05) is 47.7 Å². The van der Waals surface area contributed by atoms with Gasteiger partial charge >= 0.3 is 0 Å². The Hall–Kier alpha value is -3.74. The highest BCUT2D eigenvalue weighted by molar-refractivity contribution is 6.08. The molecule has 0 fully saturated rings. The molecule has 0 bridgehead atoms. The number of aryl methyl sites for hydroxylation is 1. The molecule has 7 nitrogen and oxygen atoms in total. The summed E-state index contributed by atoms with van der Waals surface area (Å²) in [6.45, 7) is 2.07. The van der Waals surface area contributed by atoms with Crippen LogP contribution in [0.2, 0.25) is 0 Å². The molecule has 0 saturated heterocycles. The molecule has 0 atom stereocenters. The van der Waals surface area contributed by atoms with Crippen LogP contribution in [0.1, 0.15) is 21.7 Å². The maximum Gasteiger partial charge on any atom is 0.254 e. The summed E-state index contributed by atoms with van der Waals surface area (Å²) in [6.07, 6.45) is 3.26. The van der Waals surface area contributed by atoms with Crippen LogP contribution in [0.4, 0.5) is 0 Å². The first kappa shape index (κ1) is 17.7. The molecule has 3 aromatic heterocycles. The van der Waals surface area contributed by atoms with Crippen molar-refractivity contribution in [1.82, 2.24) is 24.8 Å². The predicted molar refractivity (Wildman–Crippen MR) is 107 cm³/mol. The summed E-state index contributed by atoms with van der Waals surface area (Å²) in [5, 5.41) is 3.79. The van der Waals surface area contributed by atoms with Crippen molar-refractivity contribution in [2.24, 2.45) is 7.05 Å². The normalized spacial score (nSPS) is 10.9. The van der Waals surface area contributed by atoms with Gasteiger partial charge in [-0.1, -0.05) is 18.2 Å². The first-order chi connectivity index (χ1) is 13.5. The van der Waals surface area contributed by atoms with Gasteiger partial charge < -0.3 is 14.9 Å². The van der Waals surface area contributed by atoms with E-state index in [0.717, 1.165) is 22.2 Å². The zero-order valence-electron chi connectivity index (χ0n) is 15.6. The molecule has 7 heteroatoms. The highest BCUT2D eigenvalue weighted by Crippen LogP contribution is 2.24. The number of pyridine rings is 1. The molecule has 0 unspecified atom stereocenters. The van der Waals surface area contributed by atoms with Crippen LogP contribution in [-0.4, -0.2) is 25.4 Å². The third kappa shape index (κ3) is 3.18. The summed E-state index contributed by atoms with van der Waals surface area (Å²) in [5.74, 6) is 0.252. The summed E-state index contributed by atoms with van der Waals surface area (Å²) in [4.78, 5) is 36.0. The van der Waals surface area contributed by atoms with Crippen molar-refractivity contribution in [3.05, 3.63) is 82.2 Å². The minimum absolute atomic E-state index is 0.156. The van der Waals surface area contributed by atoms with Crippen molar-refractivity contribution in [3.8, 4) is 11.4 Å². The third-order valence-corrected chi connectivity index (χ3v) is 4.81. The predicted octanol–water partition coefficient (Wildman–Crippen LogP) is 2.56. The van der Waals surface area contributed by atoms with E-state index in [0.29, 0.717) is 17.1 Å². The Labute approximate surface area is 161 Å². The number of hydrogen-bond donors (Lipinski definition) is 2. The van der Waals surface area contributed by atoms with E-state index >= 15 is 0 Å². The molecular weight excluding hydrogens is 354 g/mol. The second-order valence-corrected chi connectivity index (χ2v) is 6.54. The first-order valence-corrected chi connectivity index (χ1v) is 8.87. The first-order valence-electron chi connectivity index (χ1n) is 8.87. The zero-order chi connectivity index (χ0) is 19.7. The van der Waals surface area contributed by atoms with E-state index in [-0.39, 0.29) is 18.0 Å². The monoisotopic (exact) mass is 373 g/mol. The molecule has 4 rings (SSSR count). The molecule has 0 radical (unpaired) electrons. The van der Waals surface area contributed by atoms with Crippen LogP contribution in [0.15, 0.2) is 59.7 Å². The van der Waals surface area contributed by atoms with Crippen molar-refractivity contribution < 1.29 is 4.79 Å². The average Bonchev–Trinajstić information content (AvgIpc) is 2.97. The Morgan fingerprint density at radius 3 is 2.71 bits per heavy atom. The van der Waals surface area contributed by atoms with Gasteiger partial charge in [-0.3, -0.25) is 14.6 Å². The number of H-pyrrole nitrogens is 1. The quantitative estimate of drug-likeness (QED) is 0.575. The Morgan fingerprint density at radius 2 is 1.93 bits per heavy atom. The highest BCUT2D eigenvalue weighted by atomic mass is 16.1. The van der Waals surface area contributed by atoms with E-state index in [1.165, 1.54) is 6.07 Å². The van der Waals surface area contributed by atoms with Crippen LogP contribution in [-0.2, 0) is 13.6 Å². The fraction of sp³-hybridized carbons (Fsp3) is 0.143. The fourth-order valence-electron chi connectivity index (χ4n) is 3.31. The number of para-hydroxylation sites is 1. The number of benzene rings is 1. The van der Waals surface area contributed by atoms with Crippen LogP contribution < -0.4 is 10.9 Å². The van der Waals surface area contributed by atoms with Gasteiger partial charge in [0.1, 0.15) is 5.82 Å². The summed E-state index contributed by atoms with van der Waals surface area (Å²) in [6, 6.07) is 12.7. The number of fused-ring (bicyclic) bond motifs is 1. The van der Waals surface area contributed by atoms with Crippen LogP contribution in [0, 0.1) is 6.92 Å². The number of nitrogens with zero attached hydrogens (tertiary/aromatic N) is 3. The summed E-state index contributed by atoms with van der Waals surface area (Å²) in [7, 11) is 1.94. The van der Waals surface area contributed by atoms with Crippen LogP contribution in [0.25, 0.3) is 22.3 Å². The standard InChI is InChI=1S/C21H19N5O2/c1-13-19(16-5-3-4-6-17(16)26(13)2)21(28)23-12-15-11-18(27)25-20(24-15)14-7-9-22-10-8-14/h3-11H,12H2,1-2H3,(H,23,28)(H,24,25,27). The largest absolute Gasteiger partial charge is 0.347 e. The maximum atomic E-state index is 12.9. The number of carbonyl (C=O) groups is 1. The van der Waals surface area contributed by atoms with Crippen molar-refractivity contribution >= 4 is 16.8 Å². The molecule has 1 aromatic carbocycles. The van der Waals surface area contributed by atoms with E-state index in [1.807, 2.05) is 42.8 Å². The fourth-order valence-corrected chi connectivity index (χ4v) is 3.31. The van der Waals surface area contributed by atoms with Gasteiger partial charge in [0.15, 0.2) is 0 Å². The lowest BCUT2D eigenvalue weighted by Crippen LogP contribution is -2.25. The Morgan fingerprint density at radius 1 is 1.18 bits per heavy atom. The van der Waals surface area contributed by atoms with E-state index in [9.17, 15) is 9.59 Å². The molecule has 140 valence electrons. The number of aromatic nitrogens is 4. The number of amides is 1. The molecule has 1 amide bonds. The lowest BCUT2D eigenvalue weighted by atomic mass is 10.1. The van der Waals surface area contributed by atoms with E-state index in [1.54, 1.807) is 24.5 Å². The molecular formula is C21H19N5O2. The second-order valence-electron chi connectivity index (χ2n) is 6.54. The molecule has 0 spiro atoms. The minimum atomic E-state index is -0.271. The molecule has 0 aliphatic carbocycles. The number of carbonyl (C=O) groups excluding carboxylic acids is 1. The Balaban J connectivity index is 1.61. The Bertz CT molecular complexity index is 1220. The number of rotatable bonds is 4. The van der Waals surface area contributed by atoms with Crippen molar-refractivity contribution in [2.45, 2.75) is 13.5 Å². The lowest BCUT2D eigenvalue weighted by molar-refractivity contribution is 0.0951. The average molecular weight is 373 g/mol. The summed E-state index contributed by atoms with van der Waals surface area (Å²) in [5.41, 5.74) is 3.49. The second kappa shape index (κ2) is 7.11. The molecule has 0 aliphatic rings. The highest BCUT2D eigenvalue weighted by Gasteiger charge is 2.18. The van der Waals surface area contributed by atoms with E-state index < -0.39 is 0 Å². The van der Waals surface area contributed by atoms with Crippen molar-refractivity contribution in [2.75, 3.05) is 0 Å². The van der Waals surface area contributed by atoms with Crippen molar-refractivity contribution in [3.63, 3.8) is 0 Å². The maximum absolute atomic E-state index is 12.9. The lowest BCUT2D eigenvalue weighted by Gasteiger charge is -2.07. The Kier molecular flexibility index (Phi) is 4.49. The van der Waals surface area contributed by atoms with Gasteiger partial charge in [-0.05, 0) is 25.1 Å². The SMILES string of the molecule is Cc1c(C(=O)NCc2cc(=O)[nH]c(-c3ccncc3)n2)c2ccccc2n1C. The van der Waals surface area contributed by atoms with Gasteiger partial charge in [0.2, 0.25) is 0 Å². The van der Waals surface area contributed by atoms with Crippen LogP contribution >= 0.6 is 0 Å². The molecule has 0 saturated carbocycles. The number of nitrogens with one attached hydrogen (secondary N) is 2. The number of aromatic amines is 1.